The normalized spacial score (nSPS) is 21.6. The van der Waals surface area contributed by atoms with E-state index in [1.807, 2.05) is 34.1 Å². The number of nitrogens with zero attached hydrogens (tertiary/aromatic N) is 2. The first-order valence-corrected chi connectivity index (χ1v) is 10.3. The molecule has 1 unspecified atom stereocenters. The lowest BCUT2D eigenvalue weighted by Gasteiger charge is -2.36. The topological polar surface area (TPSA) is 17.8 Å². The zero-order chi connectivity index (χ0) is 15.7. The zero-order valence-corrected chi connectivity index (χ0v) is 14.9. The largest absolute Gasteiger partial charge is 0.336 e. The van der Waals surface area contributed by atoms with Crippen LogP contribution in [0.5, 0.6) is 0 Å². The van der Waals surface area contributed by atoms with Gasteiger partial charge in [-0.05, 0) is 42.2 Å². The second-order valence-electron chi connectivity index (χ2n) is 6.30. The third-order valence-corrected chi connectivity index (χ3v) is 7.82. The maximum atomic E-state index is 4.22. The van der Waals surface area contributed by atoms with Crippen LogP contribution in [-0.2, 0) is 11.3 Å². The van der Waals surface area contributed by atoms with Crippen molar-refractivity contribution in [1.29, 1.82) is 0 Å². The molecule has 0 bridgehead atoms. The third-order valence-electron chi connectivity index (χ3n) is 4.55. The number of fused-ring (bicyclic) bond motifs is 1. The summed E-state index contributed by atoms with van der Waals surface area (Å²) in [4.78, 5) is 4.22. The Bertz CT molecular complexity index is 805. The number of benzene rings is 2. The van der Waals surface area contributed by atoms with E-state index in [4.69, 9.17) is 0 Å². The molecular weight excluding hydrogens is 320 g/mol. The lowest BCUT2D eigenvalue weighted by molar-refractivity contribution is 0.475. The molecule has 0 aliphatic carbocycles. The predicted molar refractivity (Wildman–Crippen MR) is 102 cm³/mol. The van der Waals surface area contributed by atoms with Gasteiger partial charge < -0.3 is 4.57 Å². The monoisotopic (exact) mass is 340 g/mol. The molecule has 3 aromatic rings. The molecule has 0 saturated carbocycles. The summed E-state index contributed by atoms with van der Waals surface area (Å²) in [5.41, 5.74) is 2.76. The molecule has 0 radical (unpaired) electrons. The Balaban J connectivity index is 1.77. The van der Waals surface area contributed by atoms with Crippen LogP contribution in [0.15, 0.2) is 55.1 Å². The highest BCUT2D eigenvalue weighted by Gasteiger charge is 2.36. The van der Waals surface area contributed by atoms with Crippen LogP contribution in [0.4, 0.5) is 0 Å². The summed E-state index contributed by atoms with van der Waals surface area (Å²) in [7, 11) is 4.05. The van der Waals surface area contributed by atoms with Crippen LogP contribution >= 0.6 is 21.6 Å². The number of rotatable bonds is 3. The highest BCUT2D eigenvalue weighted by molar-refractivity contribution is 8.77. The molecule has 23 heavy (non-hydrogen) atoms. The van der Waals surface area contributed by atoms with Crippen LogP contribution in [0.25, 0.3) is 10.8 Å². The quantitative estimate of drug-likeness (QED) is 0.593. The van der Waals surface area contributed by atoms with E-state index >= 15 is 0 Å². The van der Waals surface area contributed by atoms with Crippen molar-refractivity contribution in [2.75, 3.05) is 5.75 Å². The molecule has 2 nitrogen and oxygen atoms in total. The molecule has 4 rings (SSSR count). The van der Waals surface area contributed by atoms with Crippen LogP contribution in [0, 0.1) is 6.92 Å². The Morgan fingerprint density at radius 3 is 2.83 bits per heavy atom. The Morgan fingerprint density at radius 2 is 2.04 bits per heavy atom. The van der Waals surface area contributed by atoms with Crippen LogP contribution in [-0.4, -0.2) is 15.3 Å². The smallest absolute Gasteiger partial charge is 0.0946 e. The van der Waals surface area contributed by atoms with Crippen molar-refractivity contribution in [3.63, 3.8) is 0 Å². The number of imidazole rings is 1. The minimum atomic E-state index is 0.142. The first kappa shape index (κ1) is 15.2. The highest BCUT2D eigenvalue weighted by Crippen LogP contribution is 2.52. The summed E-state index contributed by atoms with van der Waals surface area (Å²) in [5, 5.41) is 2.68. The van der Waals surface area contributed by atoms with Crippen molar-refractivity contribution in [3.8, 4) is 0 Å². The van der Waals surface area contributed by atoms with E-state index in [1.54, 1.807) is 0 Å². The number of hydrogen-bond acceptors (Lipinski definition) is 3. The highest BCUT2D eigenvalue weighted by atomic mass is 33.1. The molecule has 4 heteroatoms. The fourth-order valence-electron chi connectivity index (χ4n) is 3.33. The Hall–Kier alpha value is -1.39. The standard InChI is InChI=1S/C19H20N2S2/c1-15-3-4-17-12-18(6-5-16(17)11-15)19(7-2-10-22-23-19)13-21-9-8-20-14-21/h3-6,8-9,11-12,14H,2,7,10,13H2,1H3. The van der Waals surface area contributed by atoms with Gasteiger partial charge in [-0.1, -0.05) is 57.5 Å². The predicted octanol–water partition coefficient (Wildman–Crippen LogP) is 5.42. The molecule has 2 heterocycles. The number of hydrogen-bond donors (Lipinski definition) is 0. The lowest BCUT2D eigenvalue weighted by Crippen LogP contribution is -2.29. The number of aryl methyl sites for hydroxylation is 1. The average Bonchev–Trinajstić information content (AvgIpc) is 3.08. The zero-order valence-electron chi connectivity index (χ0n) is 13.2. The van der Waals surface area contributed by atoms with E-state index in [1.165, 1.54) is 40.5 Å². The summed E-state index contributed by atoms with van der Waals surface area (Å²) in [6.45, 7) is 3.14. The van der Waals surface area contributed by atoms with Gasteiger partial charge in [-0.3, -0.25) is 0 Å². The van der Waals surface area contributed by atoms with Crippen LogP contribution in [0.2, 0.25) is 0 Å². The van der Waals surface area contributed by atoms with Crippen molar-refractivity contribution in [2.24, 2.45) is 0 Å². The minimum Gasteiger partial charge on any atom is -0.336 e. The molecule has 0 amide bonds. The van der Waals surface area contributed by atoms with Gasteiger partial charge in [-0.2, -0.15) is 0 Å². The van der Waals surface area contributed by atoms with Gasteiger partial charge in [0.1, 0.15) is 0 Å². The first-order valence-electron chi connectivity index (χ1n) is 8.02. The van der Waals surface area contributed by atoms with E-state index < -0.39 is 0 Å². The molecule has 1 fully saturated rings. The molecule has 1 aliphatic rings. The maximum absolute atomic E-state index is 4.22. The molecule has 1 aromatic heterocycles. The second kappa shape index (κ2) is 6.25. The van der Waals surface area contributed by atoms with Gasteiger partial charge in [0.2, 0.25) is 0 Å². The molecule has 118 valence electrons. The first-order chi connectivity index (χ1) is 11.3. The third kappa shape index (κ3) is 3.02. The van der Waals surface area contributed by atoms with E-state index in [9.17, 15) is 0 Å². The molecule has 1 aliphatic heterocycles. The summed E-state index contributed by atoms with van der Waals surface area (Å²) < 4.78 is 2.36. The van der Waals surface area contributed by atoms with Crippen molar-refractivity contribution in [1.82, 2.24) is 9.55 Å². The summed E-state index contributed by atoms with van der Waals surface area (Å²) in [5.74, 6) is 1.25. The second-order valence-corrected chi connectivity index (χ2v) is 9.10. The maximum Gasteiger partial charge on any atom is 0.0946 e. The fraction of sp³-hybridized carbons (Fsp3) is 0.316. The van der Waals surface area contributed by atoms with Crippen molar-refractivity contribution < 1.29 is 0 Å². The van der Waals surface area contributed by atoms with E-state index in [2.05, 4.69) is 59.1 Å². The Kier molecular flexibility index (Phi) is 4.12. The van der Waals surface area contributed by atoms with Crippen LogP contribution < -0.4 is 0 Å². The van der Waals surface area contributed by atoms with Gasteiger partial charge in [0.05, 0.1) is 11.1 Å². The minimum absolute atomic E-state index is 0.142. The van der Waals surface area contributed by atoms with Gasteiger partial charge in [-0.25, -0.2) is 4.98 Å². The summed E-state index contributed by atoms with van der Waals surface area (Å²) >= 11 is 0. The summed E-state index contributed by atoms with van der Waals surface area (Å²) in [6.07, 6.45) is 8.38. The van der Waals surface area contributed by atoms with Gasteiger partial charge in [0.25, 0.3) is 0 Å². The molecule has 2 aromatic carbocycles. The van der Waals surface area contributed by atoms with Gasteiger partial charge in [-0.15, -0.1) is 0 Å². The fourth-order valence-corrected chi connectivity index (χ4v) is 6.53. The van der Waals surface area contributed by atoms with E-state index in [0.29, 0.717) is 0 Å². The molecular formula is C19H20N2S2. The average molecular weight is 341 g/mol. The van der Waals surface area contributed by atoms with Crippen LogP contribution in [0.1, 0.15) is 24.0 Å². The Morgan fingerprint density at radius 1 is 1.17 bits per heavy atom. The van der Waals surface area contributed by atoms with Crippen molar-refractivity contribution in [2.45, 2.75) is 31.1 Å². The van der Waals surface area contributed by atoms with E-state index in [0.717, 1.165) is 6.54 Å². The van der Waals surface area contributed by atoms with Gasteiger partial charge in [0, 0.05) is 24.7 Å². The lowest BCUT2D eigenvalue weighted by atomic mass is 9.91. The SMILES string of the molecule is Cc1ccc2cc(C3(Cn4ccnc4)CCCSS3)ccc2c1. The molecule has 1 atom stereocenters. The molecule has 0 N–H and O–H groups in total. The molecule has 1 saturated heterocycles. The van der Waals surface area contributed by atoms with E-state index in [-0.39, 0.29) is 4.75 Å². The Labute approximate surface area is 145 Å². The summed E-state index contributed by atoms with van der Waals surface area (Å²) in [6, 6.07) is 13.7. The number of aromatic nitrogens is 2. The van der Waals surface area contributed by atoms with Crippen molar-refractivity contribution in [3.05, 3.63) is 66.2 Å². The molecule has 0 spiro atoms. The van der Waals surface area contributed by atoms with Gasteiger partial charge >= 0.3 is 0 Å². The van der Waals surface area contributed by atoms with Crippen LogP contribution in [0.3, 0.4) is 0 Å². The van der Waals surface area contributed by atoms with Gasteiger partial charge in [0.15, 0.2) is 0 Å². The van der Waals surface area contributed by atoms with Crippen molar-refractivity contribution >= 4 is 32.4 Å².